The van der Waals surface area contributed by atoms with Crippen LogP contribution < -0.4 is 4.72 Å². The van der Waals surface area contributed by atoms with Gasteiger partial charge in [0.1, 0.15) is 0 Å². The van der Waals surface area contributed by atoms with E-state index in [0.29, 0.717) is 0 Å². The van der Waals surface area contributed by atoms with Crippen molar-refractivity contribution in [2.24, 2.45) is 0 Å². The van der Waals surface area contributed by atoms with E-state index in [1.54, 1.807) is 0 Å². The van der Waals surface area contributed by atoms with Gasteiger partial charge in [-0.05, 0) is 25.7 Å². The Balaban J connectivity index is 2.56. The first kappa shape index (κ1) is 10.9. The Morgan fingerprint density at radius 3 is 2.38 bits per heavy atom. The maximum absolute atomic E-state index is 11.3. The zero-order valence-electron chi connectivity index (χ0n) is 7.91. The van der Waals surface area contributed by atoms with E-state index in [4.69, 9.17) is 5.11 Å². The molecule has 0 bridgehead atoms. The number of aliphatic hydroxyl groups excluding tert-OH is 1. The predicted octanol–water partition coefficient (Wildman–Crippen LogP) is 0.231. The van der Waals surface area contributed by atoms with Gasteiger partial charge in [0.05, 0.1) is 12.4 Å². The lowest BCUT2D eigenvalue weighted by Crippen LogP contribution is -2.53. The molecule has 0 spiro atoms. The SMILES string of the molecule is CCC1(NS(=O)(=O)CCO)CCC1. The van der Waals surface area contributed by atoms with Crippen LogP contribution in [0.3, 0.4) is 0 Å². The van der Waals surface area contributed by atoms with E-state index < -0.39 is 10.0 Å². The molecule has 4 nitrogen and oxygen atoms in total. The molecule has 13 heavy (non-hydrogen) atoms. The second kappa shape index (κ2) is 3.94. The third-order valence-electron chi connectivity index (χ3n) is 2.72. The molecule has 5 heteroatoms. The van der Waals surface area contributed by atoms with E-state index in [2.05, 4.69) is 4.72 Å². The number of hydrogen-bond acceptors (Lipinski definition) is 3. The average Bonchev–Trinajstić information content (AvgIpc) is 1.97. The molecule has 0 aromatic carbocycles. The molecule has 2 N–H and O–H groups in total. The molecule has 0 atom stereocenters. The summed E-state index contributed by atoms with van der Waals surface area (Å²) in [5.74, 6) is -0.186. The van der Waals surface area contributed by atoms with Crippen molar-refractivity contribution in [2.75, 3.05) is 12.4 Å². The van der Waals surface area contributed by atoms with Crippen LogP contribution in [0.1, 0.15) is 32.6 Å². The van der Waals surface area contributed by atoms with Crippen molar-refractivity contribution in [1.29, 1.82) is 0 Å². The summed E-state index contributed by atoms with van der Waals surface area (Å²) in [6.07, 6.45) is 3.77. The van der Waals surface area contributed by atoms with Crippen molar-refractivity contribution in [1.82, 2.24) is 4.72 Å². The third-order valence-corrected chi connectivity index (χ3v) is 4.18. The minimum atomic E-state index is -3.26. The van der Waals surface area contributed by atoms with Crippen LogP contribution >= 0.6 is 0 Å². The smallest absolute Gasteiger partial charge is 0.214 e. The van der Waals surface area contributed by atoms with Gasteiger partial charge in [0, 0.05) is 5.54 Å². The van der Waals surface area contributed by atoms with Crippen molar-refractivity contribution < 1.29 is 13.5 Å². The highest BCUT2D eigenvalue weighted by Gasteiger charge is 2.38. The predicted molar refractivity (Wildman–Crippen MR) is 50.9 cm³/mol. The van der Waals surface area contributed by atoms with E-state index in [0.717, 1.165) is 25.7 Å². The van der Waals surface area contributed by atoms with Crippen LogP contribution in [0.15, 0.2) is 0 Å². The fourth-order valence-electron chi connectivity index (χ4n) is 1.63. The maximum atomic E-state index is 11.3. The van der Waals surface area contributed by atoms with Gasteiger partial charge in [0.15, 0.2) is 0 Å². The number of sulfonamides is 1. The minimum Gasteiger partial charge on any atom is -0.395 e. The van der Waals surface area contributed by atoms with Gasteiger partial charge in [-0.1, -0.05) is 6.92 Å². The van der Waals surface area contributed by atoms with E-state index in [9.17, 15) is 8.42 Å². The molecular weight excluding hydrogens is 190 g/mol. The molecule has 1 saturated carbocycles. The third kappa shape index (κ3) is 2.65. The van der Waals surface area contributed by atoms with Gasteiger partial charge < -0.3 is 5.11 Å². The first-order valence-corrected chi connectivity index (χ1v) is 6.31. The Labute approximate surface area is 79.4 Å². The average molecular weight is 207 g/mol. The Morgan fingerprint density at radius 2 is 2.08 bits per heavy atom. The molecule has 0 amide bonds. The summed E-state index contributed by atoms with van der Waals surface area (Å²) < 4.78 is 25.3. The molecular formula is C8H17NO3S. The quantitative estimate of drug-likeness (QED) is 0.678. The topological polar surface area (TPSA) is 66.4 Å². The van der Waals surface area contributed by atoms with Crippen LogP contribution in [0.5, 0.6) is 0 Å². The van der Waals surface area contributed by atoms with Gasteiger partial charge in [0.25, 0.3) is 0 Å². The highest BCUT2D eigenvalue weighted by Crippen LogP contribution is 2.35. The first-order valence-electron chi connectivity index (χ1n) is 4.66. The van der Waals surface area contributed by atoms with Gasteiger partial charge in [-0.15, -0.1) is 0 Å². The van der Waals surface area contributed by atoms with E-state index in [1.807, 2.05) is 6.92 Å². The standard InChI is InChI=1S/C8H17NO3S/c1-2-8(4-3-5-8)9-13(11,12)7-6-10/h9-10H,2-7H2,1H3. The van der Waals surface area contributed by atoms with Crippen LogP contribution in [-0.2, 0) is 10.0 Å². The highest BCUT2D eigenvalue weighted by molar-refractivity contribution is 7.89. The van der Waals surface area contributed by atoms with E-state index >= 15 is 0 Å². The van der Waals surface area contributed by atoms with Gasteiger partial charge in [0.2, 0.25) is 10.0 Å². The van der Waals surface area contributed by atoms with Crippen molar-refractivity contribution >= 4 is 10.0 Å². The summed E-state index contributed by atoms with van der Waals surface area (Å²) in [5, 5.41) is 8.54. The first-order chi connectivity index (χ1) is 6.04. The number of hydrogen-bond donors (Lipinski definition) is 2. The van der Waals surface area contributed by atoms with Gasteiger partial charge in [-0.2, -0.15) is 0 Å². The van der Waals surface area contributed by atoms with Crippen LogP contribution in [-0.4, -0.2) is 31.4 Å². The Kier molecular flexibility index (Phi) is 3.32. The lowest BCUT2D eigenvalue weighted by atomic mass is 9.76. The summed E-state index contributed by atoms with van der Waals surface area (Å²) in [6.45, 7) is 1.68. The number of nitrogens with one attached hydrogen (secondary N) is 1. The zero-order valence-corrected chi connectivity index (χ0v) is 8.73. The second-order valence-electron chi connectivity index (χ2n) is 3.63. The van der Waals surface area contributed by atoms with E-state index in [-0.39, 0.29) is 17.9 Å². The molecule has 1 aliphatic carbocycles. The monoisotopic (exact) mass is 207 g/mol. The van der Waals surface area contributed by atoms with Crippen LogP contribution in [0.25, 0.3) is 0 Å². The van der Waals surface area contributed by atoms with Crippen molar-refractivity contribution in [2.45, 2.75) is 38.1 Å². The summed E-state index contributed by atoms with van der Waals surface area (Å²) in [6, 6.07) is 0. The molecule has 78 valence electrons. The lowest BCUT2D eigenvalue weighted by Gasteiger charge is -2.41. The van der Waals surface area contributed by atoms with Gasteiger partial charge in [-0.25, -0.2) is 13.1 Å². The van der Waals surface area contributed by atoms with Crippen molar-refractivity contribution in [3.63, 3.8) is 0 Å². The van der Waals surface area contributed by atoms with Crippen molar-refractivity contribution in [3.05, 3.63) is 0 Å². The molecule has 0 radical (unpaired) electrons. The number of aliphatic hydroxyl groups is 1. The summed E-state index contributed by atoms with van der Waals surface area (Å²) in [5.41, 5.74) is -0.200. The lowest BCUT2D eigenvalue weighted by molar-refractivity contribution is 0.213. The molecule has 0 aromatic heterocycles. The van der Waals surface area contributed by atoms with Crippen LogP contribution in [0.4, 0.5) is 0 Å². The minimum absolute atomic E-state index is 0.186. The Morgan fingerprint density at radius 1 is 1.46 bits per heavy atom. The molecule has 0 aliphatic heterocycles. The molecule has 1 fully saturated rings. The molecule has 0 saturated heterocycles. The molecule has 1 rings (SSSR count). The summed E-state index contributed by atoms with van der Waals surface area (Å²) in [7, 11) is -3.26. The summed E-state index contributed by atoms with van der Waals surface area (Å²) >= 11 is 0. The largest absolute Gasteiger partial charge is 0.395 e. The van der Waals surface area contributed by atoms with E-state index in [1.165, 1.54) is 0 Å². The van der Waals surface area contributed by atoms with Gasteiger partial charge in [-0.3, -0.25) is 0 Å². The van der Waals surface area contributed by atoms with Gasteiger partial charge >= 0.3 is 0 Å². The zero-order chi connectivity index (χ0) is 9.95. The fourth-order valence-corrected chi connectivity index (χ4v) is 2.98. The van der Waals surface area contributed by atoms with Crippen LogP contribution in [0.2, 0.25) is 0 Å². The fraction of sp³-hybridized carbons (Fsp3) is 1.00. The second-order valence-corrected chi connectivity index (χ2v) is 5.47. The molecule has 0 unspecified atom stereocenters. The maximum Gasteiger partial charge on any atom is 0.214 e. The normalized spacial score (nSPS) is 21.1. The Bertz CT molecular complexity index is 251. The summed E-state index contributed by atoms with van der Waals surface area (Å²) in [4.78, 5) is 0. The highest BCUT2D eigenvalue weighted by atomic mass is 32.2. The number of rotatable bonds is 5. The van der Waals surface area contributed by atoms with Crippen molar-refractivity contribution in [3.8, 4) is 0 Å². The molecule has 1 aliphatic rings. The van der Waals surface area contributed by atoms with Crippen LogP contribution in [0, 0.1) is 0 Å². The molecule has 0 heterocycles. The Hall–Kier alpha value is -0.130. The molecule has 0 aromatic rings.